The van der Waals surface area contributed by atoms with Crippen LogP contribution < -0.4 is 10.6 Å². The molecule has 1 aromatic carbocycles. The zero-order chi connectivity index (χ0) is 13.4. The van der Waals surface area contributed by atoms with Crippen LogP contribution in [0.15, 0.2) is 36.4 Å². The largest absolute Gasteiger partial charge is 0.395 e. The number of benzene rings is 1. The van der Waals surface area contributed by atoms with Gasteiger partial charge in [0.15, 0.2) is 0 Å². The standard InChI is InChI=1S/C13H16N2O3/c1-2-3-12(17)15-11-6-4-10(5-7-11)13(18)14-8-9-16/h2-7,16H,8-9H2,1H3,(H,14,18)(H,15,17). The lowest BCUT2D eigenvalue weighted by atomic mass is 10.2. The first-order valence-electron chi connectivity index (χ1n) is 5.60. The van der Waals surface area contributed by atoms with Crippen LogP contribution in [0.3, 0.4) is 0 Å². The Bertz CT molecular complexity index is 438. The van der Waals surface area contributed by atoms with Crippen LogP contribution in [0.1, 0.15) is 17.3 Å². The summed E-state index contributed by atoms with van der Waals surface area (Å²) >= 11 is 0. The number of carbonyl (C=O) groups excluding carboxylic acids is 2. The van der Waals surface area contributed by atoms with Gasteiger partial charge in [-0.25, -0.2) is 0 Å². The number of hydrogen-bond donors (Lipinski definition) is 3. The summed E-state index contributed by atoms with van der Waals surface area (Å²) in [5, 5.41) is 13.8. The van der Waals surface area contributed by atoms with E-state index in [4.69, 9.17) is 5.11 Å². The Morgan fingerprint density at radius 3 is 2.50 bits per heavy atom. The molecule has 0 radical (unpaired) electrons. The molecule has 0 aliphatic heterocycles. The third kappa shape index (κ3) is 4.39. The van der Waals surface area contributed by atoms with Crippen LogP contribution in [0.2, 0.25) is 0 Å². The van der Waals surface area contributed by atoms with E-state index in [1.165, 1.54) is 6.08 Å². The number of anilines is 1. The maximum absolute atomic E-state index is 11.5. The topological polar surface area (TPSA) is 78.4 Å². The van der Waals surface area contributed by atoms with Gasteiger partial charge in [-0.05, 0) is 37.3 Å². The fourth-order valence-corrected chi connectivity index (χ4v) is 1.31. The molecule has 0 spiro atoms. The third-order valence-corrected chi connectivity index (χ3v) is 2.13. The summed E-state index contributed by atoms with van der Waals surface area (Å²) in [7, 11) is 0. The number of amides is 2. The van der Waals surface area contributed by atoms with Crippen molar-refractivity contribution >= 4 is 17.5 Å². The molecule has 1 aromatic rings. The third-order valence-electron chi connectivity index (χ3n) is 2.13. The fraction of sp³-hybridized carbons (Fsp3) is 0.231. The van der Waals surface area contributed by atoms with E-state index in [0.717, 1.165) is 0 Å². The molecule has 0 atom stereocenters. The number of allylic oxidation sites excluding steroid dienone is 1. The van der Waals surface area contributed by atoms with E-state index >= 15 is 0 Å². The highest BCUT2D eigenvalue weighted by atomic mass is 16.3. The van der Waals surface area contributed by atoms with Gasteiger partial charge in [0.25, 0.3) is 5.91 Å². The fourth-order valence-electron chi connectivity index (χ4n) is 1.31. The molecule has 2 amide bonds. The molecular formula is C13H16N2O3. The van der Waals surface area contributed by atoms with Crippen LogP contribution in [0, 0.1) is 0 Å². The van der Waals surface area contributed by atoms with E-state index in [2.05, 4.69) is 10.6 Å². The molecule has 1 rings (SSSR count). The van der Waals surface area contributed by atoms with Gasteiger partial charge in [-0.15, -0.1) is 0 Å². The van der Waals surface area contributed by atoms with Crippen LogP contribution in [0.5, 0.6) is 0 Å². The second-order valence-electron chi connectivity index (χ2n) is 3.55. The number of aliphatic hydroxyl groups excluding tert-OH is 1. The van der Waals surface area contributed by atoms with Crippen LogP contribution in [0.4, 0.5) is 5.69 Å². The minimum absolute atomic E-state index is 0.0940. The average molecular weight is 248 g/mol. The van der Waals surface area contributed by atoms with Gasteiger partial charge in [-0.3, -0.25) is 9.59 Å². The van der Waals surface area contributed by atoms with Gasteiger partial charge < -0.3 is 15.7 Å². The average Bonchev–Trinajstić information content (AvgIpc) is 2.37. The van der Waals surface area contributed by atoms with Crippen molar-refractivity contribution in [2.45, 2.75) is 6.92 Å². The smallest absolute Gasteiger partial charge is 0.251 e. The minimum Gasteiger partial charge on any atom is -0.395 e. The predicted octanol–water partition coefficient (Wildman–Crippen LogP) is 0.923. The summed E-state index contributed by atoms with van der Waals surface area (Å²) in [5.74, 6) is -0.467. The monoisotopic (exact) mass is 248 g/mol. The lowest BCUT2D eigenvalue weighted by Crippen LogP contribution is -2.26. The Morgan fingerprint density at radius 2 is 1.94 bits per heavy atom. The Kier molecular flexibility index (Phi) is 5.60. The molecule has 0 aliphatic rings. The summed E-state index contributed by atoms with van der Waals surface area (Å²) in [6.45, 7) is 1.88. The maximum atomic E-state index is 11.5. The van der Waals surface area contributed by atoms with Crippen molar-refractivity contribution in [3.05, 3.63) is 42.0 Å². The van der Waals surface area contributed by atoms with Gasteiger partial charge in [0, 0.05) is 17.8 Å². The SMILES string of the molecule is CC=CC(=O)Nc1ccc(C(=O)NCCO)cc1. The minimum atomic E-state index is -0.254. The normalized spacial score (nSPS) is 10.3. The van der Waals surface area contributed by atoms with Gasteiger partial charge in [0.05, 0.1) is 6.61 Å². The summed E-state index contributed by atoms with van der Waals surface area (Å²) < 4.78 is 0. The van der Waals surface area contributed by atoms with Crippen molar-refractivity contribution in [2.75, 3.05) is 18.5 Å². The highest BCUT2D eigenvalue weighted by Gasteiger charge is 2.04. The highest BCUT2D eigenvalue weighted by Crippen LogP contribution is 2.09. The first-order chi connectivity index (χ1) is 8.67. The summed E-state index contributed by atoms with van der Waals surface area (Å²) in [5.41, 5.74) is 1.10. The van der Waals surface area contributed by atoms with E-state index < -0.39 is 0 Å². The van der Waals surface area contributed by atoms with Crippen LogP contribution in [-0.2, 0) is 4.79 Å². The molecule has 0 aliphatic carbocycles. The molecule has 0 heterocycles. The second-order valence-corrected chi connectivity index (χ2v) is 3.55. The van der Waals surface area contributed by atoms with Crippen molar-refractivity contribution < 1.29 is 14.7 Å². The number of nitrogens with one attached hydrogen (secondary N) is 2. The predicted molar refractivity (Wildman–Crippen MR) is 69.3 cm³/mol. The maximum Gasteiger partial charge on any atom is 0.251 e. The van der Waals surface area contributed by atoms with E-state index in [1.54, 1.807) is 37.3 Å². The van der Waals surface area contributed by atoms with Crippen molar-refractivity contribution in [1.29, 1.82) is 0 Å². The second kappa shape index (κ2) is 7.24. The number of rotatable bonds is 5. The Hall–Kier alpha value is -2.14. The van der Waals surface area contributed by atoms with Crippen molar-refractivity contribution in [2.24, 2.45) is 0 Å². The molecule has 5 nitrogen and oxygen atoms in total. The van der Waals surface area contributed by atoms with Gasteiger partial charge in [0.2, 0.25) is 5.91 Å². The molecule has 0 unspecified atom stereocenters. The molecule has 96 valence electrons. The van der Waals surface area contributed by atoms with Crippen molar-refractivity contribution in [3.8, 4) is 0 Å². The van der Waals surface area contributed by atoms with Crippen molar-refractivity contribution in [1.82, 2.24) is 5.32 Å². The molecule has 3 N–H and O–H groups in total. The number of carbonyl (C=O) groups is 2. The molecule has 5 heteroatoms. The van der Waals surface area contributed by atoms with E-state index in [-0.39, 0.29) is 25.0 Å². The summed E-state index contributed by atoms with van der Waals surface area (Å²) in [6.07, 6.45) is 3.06. The first-order valence-corrected chi connectivity index (χ1v) is 5.60. The first kappa shape index (κ1) is 13.9. The van der Waals surface area contributed by atoms with E-state index in [1.807, 2.05) is 0 Å². The molecule has 0 saturated heterocycles. The molecular weight excluding hydrogens is 232 g/mol. The van der Waals surface area contributed by atoms with E-state index in [0.29, 0.717) is 11.3 Å². The molecule has 0 saturated carbocycles. The summed E-state index contributed by atoms with van der Waals surface area (Å²) in [6, 6.07) is 6.51. The van der Waals surface area contributed by atoms with E-state index in [9.17, 15) is 9.59 Å². The zero-order valence-corrected chi connectivity index (χ0v) is 10.1. The van der Waals surface area contributed by atoms with Gasteiger partial charge in [-0.1, -0.05) is 6.08 Å². The van der Waals surface area contributed by atoms with Crippen LogP contribution in [0.25, 0.3) is 0 Å². The lowest BCUT2D eigenvalue weighted by Gasteiger charge is -2.05. The van der Waals surface area contributed by atoms with Gasteiger partial charge in [0.1, 0.15) is 0 Å². The van der Waals surface area contributed by atoms with Gasteiger partial charge in [-0.2, -0.15) is 0 Å². The quantitative estimate of drug-likeness (QED) is 0.678. The summed E-state index contributed by atoms with van der Waals surface area (Å²) in [4.78, 5) is 22.8. The Balaban J connectivity index is 2.62. The van der Waals surface area contributed by atoms with Crippen LogP contribution in [-0.4, -0.2) is 30.1 Å². The molecule has 0 fully saturated rings. The zero-order valence-electron chi connectivity index (χ0n) is 10.1. The number of hydrogen-bond acceptors (Lipinski definition) is 3. The highest BCUT2D eigenvalue weighted by molar-refractivity contribution is 6.00. The van der Waals surface area contributed by atoms with Crippen molar-refractivity contribution in [3.63, 3.8) is 0 Å². The number of aliphatic hydroxyl groups is 1. The van der Waals surface area contributed by atoms with Gasteiger partial charge >= 0.3 is 0 Å². The Morgan fingerprint density at radius 1 is 1.28 bits per heavy atom. The molecule has 0 aromatic heterocycles. The molecule has 18 heavy (non-hydrogen) atoms. The Labute approximate surface area is 106 Å². The molecule has 0 bridgehead atoms. The van der Waals surface area contributed by atoms with Crippen LogP contribution >= 0.6 is 0 Å². The lowest BCUT2D eigenvalue weighted by molar-refractivity contribution is -0.111.